The molecule has 6 atom stereocenters. The normalized spacial score (nSPS) is 37.7. The van der Waals surface area contributed by atoms with E-state index in [2.05, 4.69) is 29.0 Å². The van der Waals surface area contributed by atoms with Gasteiger partial charge in [-0.05, 0) is 47.0 Å². The van der Waals surface area contributed by atoms with E-state index in [-0.39, 0.29) is 29.8 Å². The van der Waals surface area contributed by atoms with Gasteiger partial charge in [0.05, 0.1) is 18.4 Å². The number of fused-ring (bicyclic) bond motifs is 2. The van der Waals surface area contributed by atoms with E-state index in [1.54, 1.807) is 0 Å². The summed E-state index contributed by atoms with van der Waals surface area (Å²) in [4.78, 5) is 6.37. The summed E-state index contributed by atoms with van der Waals surface area (Å²) in [5, 5.41) is 2.86. The molecule has 0 aromatic heterocycles. The van der Waals surface area contributed by atoms with Crippen LogP contribution >= 0.6 is 0 Å². The maximum absolute atomic E-state index is 13.5. The lowest BCUT2D eigenvalue weighted by Gasteiger charge is -2.59. The van der Waals surface area contributed by atoms with Crippen molar-refractivity contribution in [1.29, 1.82) is 0 Å². The molecule has 5 fully saturated rings. The van der Waals surface area contributed by atoms with E-state index < -0.39 is 12.3 Å². The highest BCUT2D eigenvalue weighted by atomic mass is 19.4. The van der Waals surface area contributed by atoms with Gasteiger partial charge in [-0.1, -0.05) is 0 Å². The Morgan fingerprint density at radius 1 is 1.10 bits per heavy atom. The molecule has 6 nitrogen and oxygen atoms in total. The molecule has 5 heterocycles. The Hall–Kier alpha value is -0.450. The van der Waals surface area contributed by atoms with Crippen LogP contribution < -0.4 is 5.32 Å². The number of piperidine rings is 1. The van der Waals surface area contributed by atoms with Gasteiger partial charge in [-0.15, -0.1) is 0 Å². The second-order valence-corrected chi connectivity index (χ2v) is 10.5. The Morgan fingerprint density at radius 2 is 1.84 bits per heavy atom. The molecule has 5 saturated heterocycles. The van der Waals surface area contributed by atoms with Gasteiger partial charge in [-0.25, -0.2) is 0 Å². The quantitative estimate of drug-likeness (QED) is 0.646. The van der Waals surface area contributed by atoms with Crippen molar-refractivity contribution in [3.05, 3.63) is 0 Å². The second-order valence-electron chi connectivity index (χ2n) is 10.5. The van der Waals surface area contributed by atoms with Crippen molar-refractivity contribution < 1.29 is 22.6 Å². The van der Waals surface area contributed by atoms with Crippen molar-refractivity contribution in [3.63, 3.8) is 0 Å². The van der Waals surface area contributed by atoms with Crippen LogP contribution in [0.3, 0.4) is 0 Å². The lowest BCUT2D eigenvalue weighted by atomic mass is 9.78. The summed E-state index contributed by atoms with van der Waals surface area (Å²) >= 11 is 0. The number of hydrogen-bond donors (Lipinski definition) is 1. The summed E-state index contributed by atoms with van der Waals surface area (Å²) in [6.45, 7) is 12.9. The van der Waals surface area contributed by atoms with E-state index in [0.29, 0.717) is 25.7 Å². The Kier molecular flexibility index (Phi) is 6.93. The summed E-state index contributed by atoms with van der Waals surface area (Å²) in [7, 11) is 0. The summed E-state index contributed by atoms with van der Waals surface area (Å²) in [6, 6.07) is 0.334. The minimum atomic E-state index is -4.25. The van der Waals surface area contributed by atoms with Crippen LogP contribution in [0.25, 0.3) is 0 Å². The van der Waals surface area contributed by atoms with Crippen LogP contribution in [-0.4, -0.2) is 102 Å². The Balaban J connectivity index is 1.32. The first-order valence-corrected chi connectivity index (χ1v) is 11.9. The Bertz CT molecular complexity index is 608. The van der Waals surface area contributed by atoms with E-state index in [1.807, 2.05) is 13.8 Å². The number of hydrogen-bond acceptors (Lipinski definition) is 6. The zero-order valence-corrected chi connectivity index (χ0v) is 19.3. The average molecular weight is 449 g/mol. The van der Waals surface area contributed by atoms with Crippen LogP contribution in [-0.2, 0) is 9.47 Å². The highest BCUT2D eigenvalue weighted by molar-refractivity contribution is 5.05. The molecule has 31 heavy (non-hydrogen) atoms. The summed E-state index contributed by atoms with van der Waals surface area (Å²) in [6.07, 6.45) is -1.67. The summed E-state index contributed by atoms with van der Waals surface area (Å²) < 4.78 is 52.3. The van der Waals surface area contributed by atoms with Gasteiger partial charge >= 0.3 is 6.18 Å². The van der Waals surface area contributed by atoms with Crippen molar-refractivity contribution in [2.45, 2.75) is 102 Å². The molecule has 5 rings (SSSR count). The highest BCUT2D eigenvalue weighted by Crippen LogP contribution is 2.43. The predicted molar refractivity (Wildman–Crippen MR) is 113 cm³/mol. The molecule has 0 spiro atoms. The Morgan fingerprint density at radius 3 is 2.42 bits per heavy atom. The molecular formula is C22H39F3N4O2. The van der Waals surface area contributed by atoms with Crippen molar-refractivity contribution in [3.8, 4) is 0 Å². The topological polar surface area (TPSA) is 40.2 Å². The van der Waals surface area contributed by atoms with Crippen LogP contribution in [0.4, 0.5) is 13.2 Å². The number of nitrogens with one attached hydrogen (secondary N) is 1. The van der Waals surface area contributed by atoms with E-state index in [9.17, 15) is 13.2 Å². The van der Waals surface area contributed by atoms with Crippen LogP contribution in [0.1, 0.15) is 53.4 Å². The Labute approximate surface area is 184 Å². The van der Waals surface area contributed by atoms with Crippen LogP contribution in [0.15, 0.2) is 0 Å². The second kappa shape index (κ2) is 9.06. The van der Waals surface area contributed by atoms with Gasteiger partial charge in [0.15, 0.2) is 6.17 Å². The standard InChI is InChI=1S/C22H39F3N4O2/c1-15(2)29-11-18(26-20(29)22(23,24)25)8-16(3)28-12-19-10-21(13-28,31-19)9-17(4)27-6-5-7-30-14-27/h15-20,26H,5-14H2,1-4H3. The molecule has 0 radical (unpaired) electrons. The zero-order chi connectivity index (χ0) is 22.4. The van der Waals surface area contributed by atoms with E-state index in [4.69, 9.17) is 9.47 Å². The van der Waals surface area contributed by atoms with Crippen LogP contribution in [0.2, 0.25) is 0 Å². The fourth-order valence-electron chi connectivity index (χ4n) is 6.05. The minimum absolute atomic E-state index is 0.115. The predicted octanol–water partition coefficient (Wildman–Crippen LogP) is 2.64. The van der Waals surface area contributed by atoms with Crippen LogP contribution in [0, 0.1) is 0 Å². The number of morpholine rings is 1. The number of alkyl halides is 3. The third-order valence-corrected chi connectivity index (χ3v) is 7.61. The molecule has 0 aromatic carbocycles. The van der Waals surface area contributed by atoms with Gasteiger partial charge in [0, 0.05) is 63.4 Å². The minimum Gasteiger partial charge on any atom is -0.369 e. The highest BCUT2D eigenvalue weighted by Gasteiger charge is 2.54. The fraction of sp³-hybridized carbons (Fsp3) is 1.00. The summed E-state index contributed by atoms with van der Waals surface area (Å²) in [5.41, 5.74) is -0.115. The number of nitrogens with zero attached hydrogens (tertiary/aromatic N) is 3. The van der Waals surface area contributed by atoms with Gasteiger partial charge in [0.2, 0.25) is 0 Å². The molecule has 2 bridgehead atoms. The molecule has 0 aromatic rings. The molecule has 180 valence electrons. The first-order chi connectivity index (χ1) is 14.6. The third kappa shape index (κ3) is 5.22. The van der Waals surface area contributed by atoms with Gasteiger partial charge < -0.3 is 9.47 Å². The van der Waals surface area contributed by atoms with Gasteiger partial charge in [0.25, 0.3) is 0 Å². The van der Waals surface area contributed by atoms with E-state index in [1.165, 1.54) is 4.90 Å². The van der Waals surface area contributed by atoms with Crippen molar-refractivity contribution >= 4 is 0 Å². The molecule has 5 aliphatic heterocycles. The average Bonchev–Trinajstić information content (AvgIpc) is 3.12. The van der Waals surface area contributed by atoms with Gasteiger partial charge in [-0.2, -0.15) is 13.2 Å². The molecule has 5 aliphatic rings. The van der Waals surface area contributed by atoms with Crippen LogP contribution in [0.5, 0.6) is 0 Å². The first kappa shape index (κ1) is 23.7. The monoisotopic (exact) mass is 448 g/mol. The molecule has 0 saturated carbocycles. The number of ether oxygens (including phenoxy) is 2. The molecule has 6 unspecified atom stereocenters. The third-order valence-electron chi connectivity index (χ3n) is 7.61. The van der Waals surface area contributed by atoms with Crippen molar-refractivity contribution in [2.24, 2.45) is 0 Å². The smallest absolute Gasteiger partial charge is 0.369 e. The van der Waals surface area contributed by atoms with Gasteiger partial charge in [-0.3, -0.25) is 20.0 Å². The maximum Gasteiger partial charge on any atom is 0.417 e. The van der Waals surface area contributed by atoms with Crippen molar-refractivity contribution in [2.75, 3.05) is 39.5 Å². The van der Waals surface area contributed by atoms with Gasteiger partial charge in [0.1, 0.15) is 0 Å². The maximum atomic E-state index is 13.5. The fourth-order valence-corrected chi connectivity index (χ4v) is 6.05. The van der Waals surface area contributed by atoms with Crippen molar-refractivity contribution in [1.82, 2.24) is 20.0 Å². The molecule has 1 N–H and O–H groups in total. The van der Waals surface area contributed by atoms with E-state index in [0.717, 1.165) is 45.5 Å². The molecule has 0 aliphatic carbocycles. The number of halogens is 3. The largest absolute Gasteiger partial charge is 0.417 e. The van der Waals surface area contributed by atoms with E-state index >= 15 is 0 Å². The zero-order valence-electron chi connectivity index (χ0n) is 19.3. The lowest BCUT2D eigenvalue weighted by molar-refractivity contribution is -0.267. The first-order valence-electron chi connectivity index (χ1n) is 11.9. The summed E-state index contributed by atoms with van der Waals surface area (Å²) in [5.74, 6) is 0. The number of rotatable bonds is 7. The molecule has 9 heteroatoms. The molecular weight excluding hydrogens is 409 g/mol. The SMILES string of the molecule is CC(CC12CC(CN(C(C)CC3CN(C(C)C)C(C(F)(F)F)N3)C1)O2)N1CCCOC1. The molecule has 0 amide bonds. The lowest BCUT2D eigenvalue weighted by Crippen LogP contribution is -2.68.